The Kier molecular flexibility index (Phi) is 5.17. The zero-order valence-corrected chi connectivity index (χ0v) is 15.7. The predicted octanol–water partition coefficient (Wildman–Crippen LogP) is 2.29. The maximum atomic E-state index is 13.2. The smallest absolute Gasteiger partial charge is 0.241 e. The van der Waals surface area contributed by atoms with Crippen molar-refractivity contribution in [2.45, 2.75) is 6.54 Å². The van der Waals surface area contributed by atoms with Gasteiger partial charge in [0, 0.05) is 44.3 Å². The fourth-order valence-corrected chi connectivity index (χ4v) is 3.14. The van der Waals surface area contributed by atoms with Crippen LogP contribution in [0.3, 0.4) is 0 Å². The Bertz CT molecular complexity index is 787. The number of anilines is 2. The highest BCUT2D eigenvalue weighted by atomic mass is 79.9. The molecule has 0 aliphatic carbocycles. The third-order valence-corrected chi connectivity index (χ3v) is 4.97. The molecule has 0 spiro atoms. The molecular formula is C17H19BrFN5O. The Morgan fingerprint density at radius 1 is 1.28 bits per heavy atom. The quantitative estimate of drug-likeness (QED) is 0.777. The molecule has 0 atom stereocenters. The summed E-state index contributed by atoms with van der Waals surface area (Å²) in [5, 5.41) is 0. The Labute approximate surface area is 154 Å². The van der Waals surface area contributed by atoms with E-state index in [0.717, 1.165) is 28.2 Å². The van der Waals surface area contributed by atoms with Gasteiger partial charge in [0.1, 0.15) is 23.8 Å². The van der Waals surface area contributed by atoms with Gasteiger partial charge >= 0.3 is 0 Å². The first-order valence-electron chi connectivity index (χ1n) is 7.90. The number of carbonyl (C=O) groups excluding carboxylic acids is 1. The van der Waals surface area contributed by atoms with E-state index in [1.54, 1.807) is 18.0 Å². The van der Waals surface area contributed by atoms with Crippen LogP contribution in [0.1, 0.15) is 5.56 Å². The average molecular weight is 408 g/mol. The van der Waals surface area contributed by atoms with E-state index in [-0.39, 0.29) is 11.7 Å². The van der Waals surface area contributed by atoms with Gasteiger partial charge in [-0.05, 0) is 17.7 Å². The van der Waals surface area contributed by atoms with Crippen molar-refractivity contribution in [3.05, 3.63) is 46.4 Å². The van der Waals surface area contributed by atoms with Gasteiger partial charge in [0.05, 0.1) is 6.54 Å². The number of aromatic nitrogens is 2. The monoisotopic (exact) mass is 407 g/mol. The summed E-state index contributed by atoms with van der Waals surface area (Å²) < 4.78 is 13.9. The summed E-state index contributed by atoms with van der Waals surface area (Å²) in [5.41, 5.74) is 0.957. The molecule has 2 aromatic rings. The van der Waals surface area contributed by atoms with Crippen molar-refractivity contribution in [1.29, 1.82) is 0 Å². The van der Waals surface area contributed by atoms with Gasteiger partial charge in [-0.25, -0.2) is 14.4 Å². The van der Waals surface area contributed by atoms with Crippen LogP contribution in [0, 0.1) is 5.82 Å². The Hall–Kier alpha value is -2.22. The van der Waals surface area contributed by atoms with E-state index in [4.69, 9.17) is 0 Å². The van der Waals surface area contributed by atoms with Gasteiger partial charge in [0.25, 0.3) is 0 Å². The Morgan fingerprint density at radius 2 is 2.08 bits per heavy atom. The normalized spacial score (nSPS) is 14.8. The van der Waals surface area contributed by atoms with Crippen LogP contribution < -0.4 is 9.80 Å². The first-order valence-corrected chi connectivity index (χ1v) is 8.69. The van der Waals surface area contributed by atoms with Crippen molar-refractivity contribution in [2.24, 2.45) is 0 Å². The molecule has 1 saturated heterocycles. The van der Waals surface area contributed by atoms with E-state index in [2.05, 4.69) is 25.9 Å². The first-order chi connectivity index (χ1) is 11.9. The van der Waals surface area contributed by atoms with Crippen LogP contribution >= 0.6 is 15.9 Å². The van der Waals surface area contributed by atoms with Crippen molar-refractivity contribution < 1.29 is 9.18 Å². The topological polar surface area (TPSA) is 52.6 Å². The van der Waals surface area contributed by atoms with Gasteiger partial charge < -0.3 is 14.7 Å². The molecule has 8 heteroatoms. The van der Waals surface area contributed by atoms with E-state index < -0.39 is 0 Å². The van der Waals surface area contributed by atoms with Crippen molar-refractivity contribution in [2.75, 3.05) is 43.5 Å². The van der Waals surface area contributed by atoms with Crippen LogP contribution in [0.2, 0.25) is 0 Å². The molecule has 2 heterocycles. The van der Waals surface area contributed by atoms with Crippen molar-refractivity contribution in [1.82, 2.24) is 14.9 Å². The molecule has 1 aliphatic heterocycles. The lowest BCUT2D eigenvalue weighted by molar-refractivity contribution is -0.129. The van der Waals surface area contributed by atoms with Gasteiger partial charge in [-0.1, -0.05) is 22.0 Å². The number of halogens is 2. The van der Waals surface area contributed by atoms with Crippen molar-refractivity contribution in [3.8, 4) is 0 Å². The summed E-state index contributed by atoms with van der Waals surface area (Å²) in [6.45, 7) is 2.31. The molecule has 1 amide bonds. The lowest BCUT2D eigenvalue weighted by atomic mass is 10.2. The summed E-state index contributed by atoms with van der Waals surface area (Å²) in [5.74, 6) is 1.28. The highest BCUT2D eigenvalue weighted by Crippen LogP contribution is 2.23. The summed E-state index contributed by atoms with van der Waals surface area (Å²) in [7, 11) is 3.72. The molecule has 1 aromatic carbocycles. The zero-order valence-electron chi connectivity index (χ0n) is 14.1. The van der Waals surface area contributed by atoms with Gasteiger partial charge in [-0.2, -0.15) is 0 Å². The summed E-state index contributed by atoms with van der Waals surface area (Å²) in [6, 6.07) is 6.51. The minimum Gasteiger partial charge on any atom is -0.355 e. The largest absolute Gasteiger partial charge is 0.355 e. The van der Waals surface area contributed by atoms with E-state index >= 15 is 0 Å². The number of hydrogen-bond donors (Lipinski definition) is 0. The van der Waals surface area contributed by atoms with Gasteiger partial charge in [0.2, 0.25) is 5.91 Å². The van der Waals surface area contributed by atoms with Crippen molar-refractivity contribution >= 4 is 33.5 Å². The lowest BCUT2D eigenvalue weighted by Crippen LogP contribution is -2.48. The second-order valence-corrected chi connectivity index (χ2v) is 6.92. The SMILES string of the molecule is CN1CCN(c2cc(N(C)Cc3ccc(F)cc3Br)ncn2)CC1=O. The number of carbonyl (C=O) groups is 1. The lowest BCUT2D eigenvalue weighted by Gasteiger charge is -2.33. The number of likely N-dealkylation sites (N-methyl/N-ethyl adjacent to an activating group) is 1. The fraction of sp³-hybridized carbons (Fsp3) is 0.353. The molecule has 0 unspecified atom stereocenters. The van der Waals surface area contributed by atoms with Gasteiger partial charge in [-0.15, -0.1) is 0 Å². The summed E-state index contributed by atoms with van der Waals surface area (Å²) in [4.78, 5) is 26.1. The van der Waals surface area contributed by atoms with Crippen LogP contribution in [-0.4, -0.2) is 54.5 Å². The predicted molar refractivity (Wildman–Crippen MR) is 98.1 cm³/mol. The summed E-state index contributed by atoms with van der Waals surface area (Å²) in [6.07, 6.45) is 1.50. The molecule has 132 valence electrons. The van der Waals surface area contributed by atoms with Crippen LogP contribution in [0.15, 0.2) is 35.1 Å². The highest BCUT2D eigenvalue weighted by molar-refractivity contribution is 9.10. The number of rotatable bonds is 4. The average Bonchev–Trinajstić information content (AvgIpc) is 2.60. The number of benzene rings is 1. The van der Waals surface area contributed by atoms with Crippen LogP contribution in [-0.2, 0) is 11.3 Å². The van der Waals surface area contributed by atoms with E-state index in [1.807, 2.05) is 22.9 Å². The number of nitrogens with zero attached hydrogens (tertiary/aromatic N) is 5. The third-order valence-electron chi connectivity index (χ3n) is 4.23. The Balaban J connectivity index is 1.75. The molecule has 1 aliphatic rings. The molecule has 0 saturated carbocycles. The maximum Gasteiger partial charge on any atom is 0.241 e. The minimum absolute atomic E-state index is 0.0787. The maximum absolute atomic E-state index is 13.2. The van der Waals surface area contributed by atoms with Gasteiger partial charge in [0.15, 0.2) is 0 Å². The van der Waals surface area contributed by atoms with Crippen LogP contribution in [0.25, 0.3) is 0 Å². The standard InChI is InChI=1S/C17H19BrFN5O/c1-22-5-6-24(10-17(22)25)16-8-15(20-11-21-16)23(2)9-12-3-4-13(19)7-14(12)18/h3-4,7-8,11H,5-6,9-10H2,1-2H3. The second kappa shape index (κ2) is 7.35. The molecule has 25 heavy (non-hydrogen) atoms. The van der Waals surface area contributed by atoms with E-state index in [1.165, 1.54) is 18.5 Å². The van der Waals surface area contributed by atoms with Crippen LogP contribution in [0.5, 0.6) is 0 Å². The Morgan fingerprint density at radius 3 is 2.80 bits per heavy atom. The van der Waals surface area contributed by atoms with E-state index in [0.29, 0.717) is 19.6 Å². The van der Waals surface area contributed by atoms with E-state index in [9.17, 15) is 9.18 Å². The second-order valence-electron chi connectivity index (χ2n) is 6.06. The molecule has 6 nitrogen and oxygen atoms in total. The van der Waals surface area contributed by atoms with Crippen LogP contribution in [0.4, 0.5) is 16.0 Å². The molecule has 0 bridgehead atoms. The molecule has 0 N–H and O–H groups in total. The number of piperazine rings is 1. The minimum atomic E-state index is -0.276. The fourth-order valence-electron chi connectivity index (χ4n) is 2.66. The molecule has 1 aromatic heterocycles. The number of amides is 1. The van der Waals surface area contributed by atoms with Crippen molar-refractivity contribution in [3.63, 3.8) is 0 Å². The highest BCUT2D eigenvalue weighted by Gasteiger charge is 2.22. The summed E-state index contributed by atoms with van der Waals surface area (Å²) >= 11 is 3.39. The third kappa shape index (κ3) is 4.07. The molecular weight excluding hydrogens is 389 g/mol. The molecule has 3 rings (SSSR count). The number of hydrogen-bond acceptors (Lipinski definition) is 5. The van der Waals surface area contributed by atoms with Gasteiger partial charge in [-0.3, -0.25) is 4.79 Å². The first kappa shape index (κ1) is 17.6. The molecule has 1 fully saturated rings. The zero-order chi connectivity index (χ0) is 18.0. The molecule has 0 radical (unpaired) electrons.